The van der Waals surface area contributed by atoms with Crippen molar-refractivity contribution in [2.75, 3.05) is 0 Å². The Morgan fingerprint density at radius 2 is 1.57 bits per heavy atom. The van der Waals surface area contributed by atoms with E-state index in [9.17, 15) is 14.7 Å². The van der Waals surface area contributed by atoms with Crippen LogP contribution in [-0.4, -0.2) is 43.7 Å². The number of rotatable bonds is 4. The summed E-state index contributed by atoms with van der Waals surface area (Å²) < 4.78 is 1.79. The third kappa shape index (κ3) is 4.12. The molecule has 4 aliphatic rings. The fourth-order valence-corrected chi connectivity index (χ4v) is 8.51. The first-order chi connectivity index (χ1) is 16.9. The molecule has 3 unspecified atom stereocenters. The number of fused-ring (bicyclic) bond motifs is 5. The Balaban J connectivity index is 1.29. The molecule has 2 saturated carbocycles. The molecule has 0 spiro atoms. The molecule has 4 fully saturated rings. The number of benzene rings is 1. The van der Waals surface area contributed by atoms with Crippen LogP contribution < -0.4 is 5.56 Å². The lowest BCUT2D eigenvalue weighted by Gasteiger charge is -2.56. The van der Waals surface area contributed by atoms with Crippen molar-refractivity contribution in [3.63, 3.8) is 0 Å². The maximum atomic E-state index is 13.4. The van der Waals surface area contributed by atoms with E-state index in [0.717, 1.165) is 42.0 Å². The number of nitrogens with zero attached hydrogens (tertiary/aromatic N) is 3. The number of aromatic nitrogens is 2. The van der Waals surface area contributed by atoms with E-state index >= 15 is 0 Å². The van der Waals surface area contributed by atoms with Gasteiger partial charge in [-0.1, -0.05) is 32.4 Å². The normalized spacial score (nSPS) is 35.3. The Labute approximate surface area is 207 Å². The predicted molar refractivity (Wildman–Crippen MR) is 137 cm³/mol. The molecule has 4 bridgehead atoms. The number of hydrogen-bond donors (Lipinski definition) is 1. The zero-order chi connectivity index (χ0) is 24.3. The molecule has 2 aliphatic carbocycles. The summed E-state index contributed by atoms with van der Waals surface area (Å²) in [6, 6.07) is 9.22. The van der Waals surface area contributed by atoms with E-state index in [1.165, 1.54) is 51.4 Å². The standard InChI is InChI=1S/C29H39N3O3/c1-17(2)20-11-18-10-19(12-20)14-23(13-18)31-21-6-5-7-22(31)16-24(15-21)32-26-9-4-3-8-25(26)30-27(28(32)33)29(34)35/h3-4,8-9,17-24H,5-7,10-16H2,1-2H3,(H,34,35)/t18-,19+,20?,21-,22+,23?,24?. The molecule has 6 rings (SSSR count). The highest BCUT2D eigenvalue weighted by molar-refractivity contribution is 5.88. The van der Waals surface area contributed by atoms with Gasteiger partial charge in [-0.3, -0.25) is 9.69 Å². The molecular weight excluding hydrogens is 438 g/mol. The van der Waals surface area contributed by atoms with Gasteiger partial charge in [0, 0.05) is 24.2 Å². The van der Waals surface area contributed by atoms with Gasteiger partial charge in [-0.15, -0.1) is 0 Å². The second kappa shape index (κ2) is 9.02. The monoisotopic (exact) mass is 477 g/mol. The summed E-state index contributed by atoms with van der Waals surface area (Å²) in [4.78, 5) is 32.3. The lowest BCUT2D eigenvalue weighted by atomic mass is 9.63. The third-order valence-electron chi connectivity index (χ3n) is 9.88. The van der Waals surface area contributed by atoms with Gasteiger partial charge in [-0.05, 0) is 93.6 Å². The summed E-state index contributed by atoms with van der Waals surface area (Å²) in [5.74, 6) is 2.23. The van der Waals surface area contributed by atoms with Crippen LogP contribution >= 0.6 is 0 Å². The molecule has 2 saturated heterocycles. The first-order valence-electron chi connectivity index (χ1n) is 13.9. The molecule has 3 heterocycles. The van der Waals surface area contributed by atoms with Gasteiger partial charge in [-0.2, -0.15) is 0 Å². The minimum absolute atomic E-state index is 0.0356. The maximum absolute atomic E-state index is 13.4. The Morgan fingerprint density at radius 1 is 0.914 bits per heavy atom. The van der Waals surface area contributed by atoms with Crippen LogP contribution in [0, 0.1) is 23.7 Å². The van der Waals surface area contributed by atoms with Gasteiger partial charge >= 0.3 is 5.97 Å². The molecule has 7 atom stereocenters. The van der Waals surface area contributed by atoms with Crippen LogP contribution in [0.4, 0.5) is 0 Å². The predicted octanol–water partition coefficient (Wildman–Crippen LogP) is 5.50. The molecular formula is C29H39N3O3. The lowest BCUT2D eigenvalue weighted by Crippen LogP contribution is -2.59. The Bertz CT molecular complexity index is 1150. The van der Waals surface area contributed by atoms with Crippen molar-refractivity contribution in [2.24, 2.45) is 23.7 Å². The first-order valence-corrected chi connectivity index (χ1v) is 13.9. The van der Waals surface area contributed by atoms with E-state index < -0.39 is 11.5 Å². The second-order valence-electron chi connectivity index (χ2n) is 12.3. The summed E-state index contributed by atoms with van der Waals surface area (Å²) in [5, 5.41) is 9.67. The van der Waals surface area contributed by atoms with Crippen molar-refractivity contribution < 1.29 is 9.90 Å². The molecule has 6 heteroatoms. The number of aromatic carboxylic acids is 1. The van der Waals surface area contributed by atoms with Gasteiger partial charge in [-0.25, -0.2) is 9.78 Å². The lowest BCUT2D eigenvalue weighted by molar-refractivity contribution is -0.0554. The molecule has 0 amide bonds. The third-order valence-corrected chi connectivity index (χ3v) is 9.88. The van der Waals surface area contributed by atoms with E-state index in [1.807, 2.05) is 24.3 Å². The average Bonchev–Trinajstić information content (AvgIpc) is 2.82. The molecule has 1 aromatic heterocycles. The van der Waals surface area contributed by atoms with E-state index in [-0.39, 0.29) is 11.7 Å². The number of piperidine rings is 2. The Hall–Kier alpha value is -2.21. The molecule has 2 aromatic rings. The van der Waals surface area contributed by atoms with Crippen LogP contribution in [0.25, 0.3) is 11.0 Å². The van der Waals surface area contributed by atoms with Crippen LogP contribution in [0.5, 0.6) is 0 Å². The SMILES string of the molecule is CC(C)C1C[C@@H]2CC(N3[C@@H]4CCC[C@H]3CC(n3c(=O)c(C(=O)O)nc5ccccc53)C4)C[C@H](C1)C2. The van der Waals surface area contributed by atoms with Gasteiger partial charge in [0.25, 0.3) is 5.56 Å². The van der Waals surface area contributed by atoms with Crippen LogP contribution in [0.2, 0.25) is 0 Å². The zero-order valence-electron chi connectivity index (χ0n) is 21.1. The van der Waals surface area contributed by atoms with Crippen molar-refractivity contribution in [2.45, 2.75) is 102 Å². The first kappa shape index (κ1) is 23.2. The minimum atomic E-state index is -1.24. The fourth-order valence-electron chi connectivity index (χ4n) is 8.51. The van der Waals surface area contributed by atoms with Gasteiger partial charge < -0.3 is 9.67 Å². The second-order valence-corrected chi connectivity index (χ2v) is 12.3. The maximum Gasteiger partial charge on any atom is 0.360 e. The van der Waals surface area contributed by atoms with E-state index in [4.69, 9.17) is 0 Å². The number of carbonyl (C=O) groups is 1. The van der Waals surface area contributed by atoms with Crippen LogP contribution in [0.1, 0.15) is 94.6 Å². The molecule has 188 valence electrons. The van der Waals surface area contributed by atoms with E-state index in [1.54, 1.807) is 4.57 Å². The molecule has 0 radical (unpaired) electrons. The molecule has 1 N–H and O–H groups in total. The fraction of sp³-hybridized carbons (Fsp3) is 0.690. The van der Waals surface area contributed by atoms with Crippen molar-refractivity contribution >= 4 is 17.0 Å². The summed E-state index contributed by atoms with van der Waals surface area (Å²) >= 11 is 0. The summed E-state index contributed by atoms with van der Waals surface area (Å²) in [7, 11) is 0. The van der Waals surface area contributed by atoms with Crippen LogP contribution in [0.15, 0.2) is 29.1 Å². The number of carboxylic acid groups (broad SMARTS) is 1. The van der Waals surface area contributed by atoms with Gasteiger partial charge in [0.05, 0.1) is 11.0 Å². The van der Waals surface area contributed by atoms with Crippen molar-refractivity contribution in [3.05, 3.63) is 40.3 Å². The number of para-hydroxylation sites is 2. The molecule has 35 heavy (non-hydrogen) atoms. The largest absolute Gasteiger partial charge is 0.476 e. The van der Waals surface area contributed by atoms with Gasteiger partial charge in [0.15, 0.2) is 0 Å². The van der Waals surface area contributed by atoms with Crippen molar-refractivity contribution in [1.29, 1.82) is 0 Å². The highest BCUT2D eigenvalue weighted by atomic mass is 16.4. The summed E-state index contributed by atoms with van der Waals surface area (Å²) in [6.45, 7) is 4.80. The highest BCUT2D eigenvalue weighted by Crippen LogP contribution is 2.49. The Morgan fingerprint density at radius 3 is 2.20 bits per heavy atom. The zero-order valence-corrected chi connectivity index (χ0v) is 21.1. The Kier molecular flexibility index (Phi) is 5.98. The molecule has 6 nitrogen and oxygen atoms in total. The summed E-state index contributed by atoms with van der Waals surface area (Å²) in [6.07, 6.45) is 12.5. The average molecular weight is 478 g/mol. The number of hydrogen-bond acceptors (Lipinski definition) is 4. The van der Waals surface area contributed by atoms with Gasteiger partial charge in [0.1, 0.15) is 0 Å². The van der Waals surface area contributed by atoms with Gasteiger partial charge in [0.2, 0.25) is 5.69 Å². The number of carboxylic acids is 1. The minimum Gasteiger partial charge on any atom is -0.476 e. The van der Waals surface area contributed by atoms with Crippen LogP contribution in [0.3, 0.4) is 0 Å². The smallest absolute Gasteiger partial charge is 0.360 e. The van der Waals surface area contributed by atoms with E-state index in [0.29, 0.717) is 23.6 Å². The van der Waals surface area contributed by atoms with E-state index in [2.05, 4.69) is 23.7 Å². The van der Waals surface area contributed by atoms with Crippen molar-refractivity contribution in [3.8, 4) is 0 Å². The summed E-state index contributed by atoms with van der Waals surface area (Å²) in [5.41, 5.74) is 0.568. The molecule has 1 aromatic carbocycles. The quantitative estimate of drug-likeness (QED) is 0.629. The topological polar surface area (TPSA) is 75.4 Å². The van der Waals surface area contributed by atoms with Crippen molar-refractivity contribution in [1.82, 2.24) is 14.5 Å². The highest BCUT2D eigenvalue weighted by Gasteiger charge is 2.46. The van der Waals surface area contributed by atoms with Crippen LogP contribution in [-0.2, 0) is 0 Å². The molecule has 2 aliphatic heterocycles.